The highest BCUT2D eigenvalue weighted by molar-refractivity contribution is 5.40. The fraction of sp³-hybridized carbons (Fsp3) is 0.438. The summed E-state index contributed by atoms with van der Waals surface area (Å²) in [6.07, 6.45) is 2.63. The number of nitrogens with zero attached hydrogens (tertiary/aromatic N) is 2. The summed E-state index contributed by atoms with van der Waals surface area (Å²) >= 11 is 0. The molecule has 20 heavy (non-hydrogen) atoms. The van der Waals surface area contributed by atoms with Crippen LogP contribution in [0, 0.1) is 0 Å². The zero-order chi connectivity index (χ0) is 14.8. The van der Waals surface area contributed by atoms with Crippen LogP contribution in [0.5, 0.6) is 5.75 Å². The van der Waals surface area contributed by atoms with Crippen molar-refractivity contribution < 1.29 is 9.84 Å². The Morgan fingerprint density at radius 1 is 1.25 bits per heavy atom. The van der Waals surface area contributed by atoms with E-state index in [2.05, 4.69) is 12.0 Å². The molecule has 1 aromatic carbocycles. The predicted octanol–water partition coefficient (Wildman–Crippen LogP) is 2.73. The van der Waals surface area contributed by atoms with Gasteiger partial charge in [-0.15, -0.1) is 0 Å². The minimum Gasteiger partial charge on any atom is -0.493 e. The van der Waals surface area contributed by atoms with E-state index in [4.69, 9.17) is 4.74 Å². The van der Waals surface area contributed by atoms with E-state index in [1.807, 2.05) is 31.2 Å². The Hall–Kier alpha value is -1.81. The van der Waals surface area contributed by atoms with Gasteiger partial charge in [0.2, 0.25) is 0 Å². The number of aromatic nitrogens is 2. The summed E-state index contributed by atoms with van der Waals surface area (Å²) in [5.74, 6) is 0.608. The topological polar surface area (TPSA) is 47.3 Å². The predicted molar refractivity (Wildman–Crippen MR) is 78.9 cm³/mol. The molecule has 1 atom stereocenters. The summed E-state index contributed by atoms with van der Waals surface area (Å²) in [6, 6.07) is 8.02. The SMILES string of the molecule is CCc1ccc(C(C)(O)c2c(OC)cnn2CC)cc1. The third kappa shape index (κ3) is 2.43. The van der Waals surface area contributed by atoms with Gasteiger partial charge in [0.15, 0.2) is 5.75 Å². The molecule has 4 nitrogen and oxygen atoms in total. The molecule has 0 aliphatic heterocycles. The number of aliphatic hydroxyl groups is 1. The first-order valence-corrected chi connectivity index (χ1v) is 6.96. The van der Waals surface area contributed by atoms with Gasteiger partial charge < -0.3 is 9.84 Å². The zero-order valence-electron chi connectivity index (χ0n) is 12.6. The van der Waals surface area contributed by atoms with Gasteiger partial charge >= 0.3 is 0 Å². The normalized spacial score (nSPS) is 14.1. The Bertz CT molecular complexity index is 549. The molecule has 4 heteroatoms. The smallest absolute Gasteiger partial charge is 0.163 e. The van der Waals surface area contributed by atoms with Crippen molar-refractivity contribution in [1.29, 1.82) is 0 Å². The van der Waals surface area contributed by atoms with E-state index in [0.29, 0.717) is 18.0 Å². The van der Waals surface area contributed by atoms with Crippen molar-refractivity contribution in [3.63, 3.8) is 0 Å². The van der Waals surface area contributed by atoms with E-state index in [9.17, 15) is 5.11 Å². The first kappa shape index (κ1) is 14.6. The minimum atomic E-state index is -1.13. The molecule has 0 saturated heterocycles. The van der Waals surface area contributed by atoms with Crippen molar-refractivity contribution >= 4 is 0 Å². The zero-order valence-corrected chi connectivity index (χ0v) is 12.6. The van der Waals surface area contributed by atoms with Gasteiger partial charge in [-0.3, -0.25) is 4.68 Å². The van der Waals surface area contributed by atoms with Gasteiger partial charge in [-0.2, -0.15) is 5.10 Å². The van der Waals surface area contributed by atoms with Gasteiger partial charge in [0.05, 0.1) is 13.3 Å². The van der Waals surface area contributed by atoms with E-state index in [0.717, 1.165) is 12.0 Å². The highest BCUT2D eigenvalue weighted by Gasteiger charge is 2.33. The Morgan fingerprint density at radius 2 is 1.90 bits per heavy atom. The Labute approximate surface area is 120 Å². The van der Waals surface area contributed by atoms with Crippen molar-refractivity contribution in [2.45, 2.75) is 39.3 Å². The van der Waals surface area contributed by atoms with Crippen molar-refractivity contribution in [3.8, 4) is 5.75 Å². The number of aryl methyl sites for hydroxylation is 2. The van der Waals surface area contributed by atoms with Crippen molar-refractivity contribution in [2.24, 2.45) is 0 Å². The summed E-state index contributed by atoms with van der Waals surface area (Å²) in [7, 11) is 1.59. The van der Waals surface area contributed by atoms with E-state index < -0.39 is 5.60 Å². The maximum Gasteiger partial charge on any atom is 0.163 e. The Kier molecular flexibility index (Phi) is 4.14. The average molecular weight is 274 g/mol. The summed E-state index contributed by atoms with van der Waals surface area (Å²) in [5.41, 5.74) is 1.64. The number of hydrogen-bond acceptors (Lipinski definition) is 3. The second kappa shape index (κ2) is 5.67. The second-order valence-electron chi connectivity index (χ2n) is 5.00. The standard InChI is InChI=1S/C16H22N2O2/c1-5-12-7-9-13(10-8-12)16(3,19)15-14(20-4)11-17-18(15)6-2/h7-11,19H,5-6H2,1-4H3. The molecule has 2 rings (SSSR count). The van der Waals surface area contributed by atoms with Gasteiger partial charge in [-0.1, -0.05) is 31.2 Å². The highest BCUT2D eigenvalue weighted by atomic mass is 16.5. The Morgan fingerprint density at radius 3 is 2.40 bits per heavy atom. The van der Waals surface area contributed by atoms with Crippen LogP contribution < -0.4 is 4.74 Å². The van der Waals surface area contributed by atoms with Crippen LogP contribution in [0.2, 0.25) is 0 Å². The molecular weight excluding hydrogens is 252 g/mol. The maximum absolute atomic E-state index is 11.0. The van der Waals surface area contributed by atoms with E-state index in [1.54, 1.807) is 24.9 Å². The minimum absolute atomic E-state index is 0.608. The molecule has 2 aromatic rings. The van der Waals surface area contributed by atoms with Crippen LogP contribution in [-0.2, 0) is 18.6 Å². The van der Waals surface area contributed by atoms with E-state index >= 15 is 0 Å². The number of ether oxygens (including phenoxy) is 1. The average Bonchev–Trinajstić information content (AvgIpc) is 2.91. The van der Waals surface area contributed by atoms with E-state index in [1.165, 1.54) is 5.56 Å². The first-order valence-electron chi connectivity index (χ1n) is 6.96. The molecule has 0 bridgehead atoms. The Balaban J connectivity index is 2.50. The summed E-state index contributed by atoms with van der Waals surface area (Å²) in [6.45, 7) is 6.57. The van der Waals surface area contributed by atoms with Crippen molar-refractivity contribution in [3.05, 3.63) is 47.3 Å². The van der Waals surface area contributed by atoms with Crippen LogP contribution in [0.4, 0.5) is 0 Å². The van der Waals surface area contributed by atoms with Crippen molar-refractivity contribution in [1.82, 2.24) is 9.78 Å². The largest absolute Gasteiger partial charge is 0.493 e. The molecule has 0 spiro atoms. The van der Waals surface area contributed by atoms with Crippen LogP contribution in [0.3, 0.4) is 0 Å². The molecule has 1 N–H and O–H groups in total. The molecule has 1 unspecified atom stereocenters. The summed E-state index contributed by atoms with van der Waals surface area (Å²) in [4.78, 5) is 0. The molecule has 108 valence electrons. The summed E-state index contributed by atoms with van der Waals surface area (Å²) < 4.78 is 7.11. The van der Waals surface area contributed by atoms with Gasteiger partial charge in [-0.05, 0) is 31.4 Å². The second-order valence-corrected chi connectivity index (χ2v) is 5.00. The van der Waals surface area contributed by atoms with Gasteiger partial charge in [0.1, 0.15) is 11.3 Å². The molecule has 0 saturated carbocycles. The fourth-order valence-electron chi connectivity index (χ4n) is 2.45. The quantitative estimate of drug-likeness (QED) is 0.912. The van der Waals surface area contributed by atoms with Crippen LogP contribution in [0.15, 0.2) is 30.5 Å². The molecule has 0 aliphatic carbocycles. The van der Waals surface area contributed by atoms with Crippen LogP contribution in [0.1, 0.15) is 37.6 Å². The monoisotopic (exact) mass is 274 g/mol. The lowest BCUT2D eigenvalue weighted by Crippen LogP contribution is -2.27. The lowest BCUT2D eigenvalue weighted by Gasteiger charge is -2.26. The molecule has 1 heterocycles. The number of methoxy groups -OCH3 is 1. The fourth-order valence-corrected chi connectivity index (χ4v) is 2.45. The lowest BCUT2D eigenvalue weighted by atomic mass is 9.91. The van der Waals surface area contributed by atoms with Gasteiger partial charge in [0, 0.05) is 6.54 Å². The molecular formula is C16H22N2O2. The van der Waals surface area contributed by atoms with Crippen LogP contribution >= 0.6 is 0 Å². The van der Waals surface area contributed by atoms with Gasteiger partial charge in [0.25, 0.3) is 0 Å². The van der Waals surface area contributed by atoms with Crippen LogP contribution in [-0.4, -0.2) is 22.0 Å². The molecule has 1 aromatic heterocycles. The van der Waals surface area contributed by atoms with Crippen molar-refractivity contribution in [2.75, 3.05) is 7.11 Å². The van der Waals surface area contributed by atoms with Crippen LogP contribution in [0.25, 0.3) is 0 Å². The van der Waals surface area contributed by atoms with E-state index in [-0.39, 0.29) is 0 Å². The molecule has 0 radical (unpaired) electrons. The number of rotatable bonds is 5. The molecule has 0 amide bonds. The lowest BCUT2D eigenvalue weighted by molar-refractivity contribution is 0.0885. The first-order chi connectivity index (χ1) is 9.54. The third-order valence-corrected chi connectivity index (χ3v) is 3.71. The number of hydrogen-bond donors (Lipinski definition) is 1. The molecule has 0 fully saturated rings. The molecule has 0 aliphatic rings. The number of benzene rings is 1. The third-order valence-electron chi connectivity index (χ3n) is 3.71. The summed E-state index contributed by atoms with van der Waals surface area (Å²) in [5, 5.41) is 15.3. The highest BCUT2D eigenvalue weighted by Crippen LogP contribution is 2.35. The maximum atomic E-state index is 11.0. The van der Waals surface area contributed by atoms with Gasteiger partial charge in [-0.25, -0.2) is 0 Å².